The van der Waals surface area contributed by atoms with Crippen LogP contribution in [0.3, 0.4) is 0 Å². The van der Waals surface area contributed by atoms with Gasteiger partial charge in [-0.3, -0.25) is 0 Å². The summed E-state index contributed by atoms with van der Waals surface area (Å²) < 4.78 is 8.30. The van der Waals surface area contributed by atoms with Gasteiger partial charge in [-0.25, -0.2) is 19.2 Å². The zero-order chi connectivity index (χ0) is 49.4. The molecule has 6 aromatic rings. The molecule has 12 nitrogen and oxygen atoms in total. The van der Waals surface area contributed by atoms with Crippen molar-refractivity contribution in [3.05, 3.63) is 218 Å². The smallest absolute Gasteiger partial charge is 0.406 e. The summed E-state index contributed by atoms with van der Waals surface area (Å²) in [6, 6.07) is 71.7. The highest BCUT2D eigenvalue weighted by Gasteiger charge is 1.86. The normalized spacial score (nSPS) is 7.31. The van der Waals surface area contributed by atoms with E-state index in [1.54, 1.807) is 28.2 Å². The fourth-order valence-corrected chi connectivity index (χ4v) is 2.76. The maximum Gasteiger partial charge on any atom is 0.406 e. The molecule has 0 saturated carbocycles. The number of carbonyl (C=O) groups is 4. The Morgan fingerprint density at radius 3 is 0.344 bits per heavy atom. The number of alkyl carbamates (subject to hydrolysis) is 2. The Labute approximate surface area is 386 Å². The minimum atomic E-state index is -0.407. The standard InChI is InChI=1S/6C6H6.2C3H8N2O.2C3H7NO2.2C2H6/c6*1-2-4-6-5-3-1;2*1-4-3(6)5-2;2*1-4-3(5)6-2;2*1-2/h6*1-6H;2*1-2H3,(H2,4,5,6);2*1-2H3,(H,4,5);2*1-2H3. The summed E-state index contributed by atoms with van der Waals surface area (Å²) in [6.07, 6.45) is -0.815. The van der Waals surface area contributed by atoms with E-state index >= 15 is 0 Å². The Morgan fingerprint density at radius 2 is 0.328 bits per heavy atom. The molecule has 0 fully saturated rings. The molecule has 0 aliphatic rings. The largest absolute Gasteiger partial charge is 0.453 e. The van der Waals surface area contributed by atoms with E-state index in [2.05, 4.69) is 41.4 Å². The molecule has 0 aliphatic heterocycles. The van der Waals surface area contributed by atoms with Crippen LogP contribution in [0.15, 0.2) is 218 Å². The maximum absolute atomic E-state index is 9.96. The molecule has 352 valence electrons. The zero-order valence-electron chi connectivity index (χ0n) is 40.2. The molecule has 64 heavy (non-hydrogen) atoms. The van der Waals surface area contributed by atoms with Crippen molar-refractivity contribution >= 4 is 24.2 Å². The third kappa shape index (κ3) is 78.7. The Hall–Kier alpha value is -7.60. The van der Waals surface area contributed by atoms with Crippen LogP contribution < -0.4 is 31.9 Å². The first-order chi connectivity index (χ1) is 31.2. The van der Waals surface area contributed by atoms with Crippen molar-refractivity contribution in [2.24, 2.45) is 0 Å². The summed E-state index contributed by atoms with van der Waals surface area (Å²) >= 11 is 0. The lowest BCUT2D eigenvalue weighted by molar-refractivity contribution is 0.172. The summed E-state index contributed by atoms with van der Waals surface area (Å²) in [5.74, 6) is 0. The number of nitrogens with one attached hydrogen (secondary N) is 6. The van der Waals surface area contributed by atoms with Crippen LogP contribution in [0.4, 0.5) is 19.2 Å². The monoisotopic (exact) mass is 883 g/mol. The van der Waals surface area contributed by atoms with E-state index in [-0.39, 0.29) is 12.1 Å². The van der Waals surface area contributed by atoms with Crippen molar-refractivity contribution in [1.29, 1.82) is 0 Å². The molecule has 0 heterocycles. The molecule has 12 heteroatoms. The molecule has 6 amide bonds. The number of amides is 6. The van der Waals surface area contributed by atoms with Crippen molar-refractivity contribution in [2.45, 2.75) is 27.7 Å². The zero-order valence-corrected chi connectivity index (χ0v) is 40.2. The van der Waals surface area contributed by atoms with Crippen LogP contribution >= 0.6 is 0 Å². The lowest BCUT2D eigenvalue weighted by Crippen LogP contribution is -2.28. The number of hydrogen-bond donors (Lipinski definition) is 6. The number of methoxy groups -OCH3 is 2. The molecule has 0 unspecified atom stereocenters. The Balaban J connectivity index is -0.000000145. The highest BCUT2D eigenvalue weighted by molar-refractivity contribution is 5.73. The van der Waals surface area contributed by atoms with Crippen molar-refractivity contribution < 1.29 is 28.7 Å². The maximum atomic E-state index is 9.96. The number of urea groups is 2. The van der Waals surface area contributed by atoms with Gasteiger partial charge in [0.25, 0.3) is 0 Å². The summed E-state index contributed by atoms with van der Waals surface area (Å²) in [7, 11) is 11.9. The second-order valence-corrected chi connectivity index (χ2v) is 10.1. The number of rotatable bonds is 0. The van der Waals surface area contributed by atoms with Gasteiger partial charge in [-0.05, 0) is 0 Å². The third-order valence-corrected chi connectivity index (χ3v) is 5.69. The highest BCUT2D eigenvalue weighted by Crippen LogP contribution is 1.83. The average molecular weight is 883 g/mol. The number of ether oxygens (including phenoxy) is 2. The highest BCUT2D eigenvalue weighted by atomic mass is 16.5. The number of hydrogen-bond acceptors (Lipinski definition) is 6. The van der Waals surface area contributed by atoms with Crippen LogP contribution in [0.1, 0.15) is 27.7 Å². The van der Waals surface area contributed by atoms with Crippen molar-refractivity contribution in [3.63, 3.8) is 0 Å². The molecular formula is C52H78N6O6. The van der Waals surface area contributed by atoms with Crippen LogP contribution in [-0.2, 0) is 9.47 Å². The lowest BCUT2D eigenvalue weighted by atomic mass is 10.4. The second kappa shape index (κ2) is 70.0. The van der Waals surface area contributed by atoms with E-state index in [0.717, 1.165) is 0 Å². The van der Waals surface area contributed by atoms with Gasteiger partial charge in [0.15, 0.2) is 0 Å². The Bertz CT molecular complexity index is 1160. The van der Waals surface area contributed by atoms with E-state index in [1.165, 1.54) is 28.3 Å². The number of carbonyl (C=O) groups excluding carboxylic acids is 4. The van der Waals surface area contributed by atoms with E-state index in [9.17, 15) is 19.2 Å². The van der Waals surface area contributed by atoms with Crippen LogP contribution in [0.5, 0.6) is 0 Å². The van der Waals surface area contributed by atoms with Gasteiger partial charge in [0.05, 0.1) is 14.2 Å². The topological polar surface area (TPSA) is 159 Å². The first-order valence-corrected chi connectivity index (χ1v) is 20.5. The number of benzene rings is 6. The van der Waals surface area contributed by atoms with Crippen LogP contribution in [-0.4, -0.2) is 80.8 Å². The third-order valence-electron chi connectivity index (χ3n) is 5.69. The van der Waals surface area contributed by atoms with E-state index in [4.69, 9.17) is 0 Å². The first-order valence-electron chi connectivity index (χ1n) is 20.5. The first kappa shape index (κ1) is 68.1. The molecule has 0 atom stereocenters. The Kier molecular flexibility index (Phi) is 74.5. The van der Waals surface area contributed by atoms with Gasteiger partial charge in [0.2, 0.25) is 0 Å². The van der Waals surface area contributed by atoms with Crippen LogP contribution in [0, 0.1) is 0 Å². The van der Waals surface area contributed by atoms with E-state index < -0.39 is 12.2 Å². The van der Waals surface area contributed by atoms with Gasteiger partial charge in [-0.1, -0.05) is 246 Å². The molecule has 6 aromatic carbocycles. The van der Waals surface area contributed by atoms with Gasteiger partial charge in [-0.15, -0.1) is 0 Å². The fraction of sp³-hybridized carbons (Fsp3) is 0.231. The molecule has 0 radical (unpaired) electrons. The van der Waals surface area contributed by atoms with Crippen molar-refractivity contribution in [2.75, 3.05) is 56.5 Å². The molecule has 6 N–H and O–H groups in total. The molecule has 0 saturated heterocycles. The van der Waals surface area contributed by atoms with Crippen molar-refractivity contribution in [1.82, 2.24) is 31.9 Å². The van der Waals surface area contributed by atoms with Gasteiger partial charge < -0.3 is 41.4 Å². The summed E-state index contributed by atoms with van der Waals surface area (Å²) in [5.41, 5.74) is 0. The summed E-state index contributed by atoms with van der Waals surface area (Å²) in [6.45, 7) is 8.00. The Morgan fingerprint density at radius 1 is 0.234 bits per heavy atom. The molecular weight excluding hydrogens is 805 g/mol. The van der Waals surface area contributed by atoms with E-state index in [1.807, 2.05) is 246 Å². The predicted molar refractivity (Wildman–Crippen MR) is 271 cm³/mol. The van der Waals surface area contributed by atoms with Crippen LogP contribution in [0.25, 0.3) is 0 Å². The second-order valence-electron chi connectivity index (χ2n) is 10.1. The minimum Gasteiger partial charge on any atom is -0.453 e. The van der Waals surface area contributed by atoms with Gasteiger partial charge in [0, 0.05) is 42.3 Å². The lowest BCUT2D eigenvalue weighted by Gasteiger charge is -1.91. The molecule has 0 aliphatic carbocycles. The molecule has 0 bridgehead atoms. The molecule has 0 spiro atoms. The van der Waals surface area contributed by atoms with Gasteiger partial charge >= 0.3 is 24.2 Å². The van der Waals surface area contributed by atoms with Crippen LogP contribution in [0.2, 0.25) is 0 Å². The molecule has 0 aromatic heterocycles. The average Bonchev–Trinajstić information content (AvgIpc) is 3.43. The molecule has 6 rings (SSSR count). The quantitative estimate of drug-likeness (QED) is 0.0891. The summed E-state index contributed by atoms with van der Waals surface area (Å²) in [4.78, 5) is 39.6. The van der Waals surface area contributed by atoms with Crippen molar-refractivity contribution in [3.8, 4) is 0 Å². The van der Waals surface area contributed by atoms with Gasteiger partial charge in [-0.2, -0.15) is 0 Å². The predicted octanol–water partition coefficient (Wildman–Crippen LogP) is 11.2. The summed E-state index contributed by atoms with van der Waals surface area (Å²) in [5, 5.41) is 14.0. The minimum absolute atomic E-state index is 0.157. The van der Waals surface area contributed by atoms with Gasteiger partial charge in [0.1, 0.15) is 0 Å². The SMILES string of the molecule is CC.CC.CNC(=O)NC.CNC(=O)NC.CNC(=O)OC.CNC(=O)OC.c1ccccc1.c1ccccc1.c1ccccc1.c1ccccc1.c1ccccc1.c1ccccc1. The van der Waals surface area contributed by atoms with E-state index in [0.29, 0.717) is 0 Å². The fourth-order valence-electron chi connectivity index (χ4n) is 2.76.